The Morgan fingerprint density at radius 2 is 2.11 bits per heavy atom. The molecule has 0 bridgehead atoms. The maximum atomic E-state index is 4.74. The molecule has 1 saturated heterocycles. The molecule has 0 amide bonds. The van der Waals surface area contributed by atoms with Gasteiger partial charge in [-0.3, -0.25) is 4.99 Å². The van der Waals surface area contributed by atoms with Crippen molar-refractivity contribution in [3.8, 4) is 0 Å². The highest BCUT2D eigenvalue weighted by Gasteiger charge is 2.34. The van der Waals surface area contributed by atoms with Gasteiger partial charge in [0.25, 0.3) is 0 Å². The van der Waals surface area contributed by atoms with Crippen molar-refractivity contribution in [1.29, 1.82) is 0 Å². The topological polar surface area (TPSA) is 27.6 Å². The number of hydrogen-bond acceptors (Lipinski definition) is 3. The van der Waals surface area contributed by atoms with Gasteiger partial charge in [0.15, 0.2) is 5.96 Å². The molecule has 3 rings (SSSR count). The molecule has 1 aliphatic carbocycles. The number of fused-ring (bicyclic) bond motifs is 1. The van der Waals surface area contributed by atoms with Crippen LogP contribution in [0, 0.1) is 11.3 Å². The number of piperidine rings is 1. The molecule has 0 aromatic rings. The van der Waals surface area contributed by atoms with Gasteiger partial charge in [0.1, 0.15) is 0 Å². The maximum absolute atomic E-state index is 4.74. The smallest absolute Gasteiger partial charge is 0.194 e. The second-order valence-corrected chi connectivity index (χ2v) is 7.02. The first kappa shape index (κ1) is 12.3. The van der Waals surface area contributed by atoms with Crippen molar-refractivity contribution in [3.05, 3.63) is 0 Å². The Labute approximate surface area is 111 Å². The maximum Gasteiger partial charge on any atom is 0.194 e. The zero-order chi connectivity index (χ0) is 12.6. The lowest BCUT2D eigenvalue weighted by Crippen LogP contribution is -2.49. The lowest BCUT2D eigenvalue weighted by Gasteiger charge is -2.36. The second-order valence-electron chi connectivity index (χ2n) is 7.02. The van der Waals surface area contributed by atoms with Gasteiger partial charge in [-0.2, -0.15) is 0 Å². The molecule has 3 heteroatoms. The average Bonchev–Trinajstić information content (AvgIpc) is 2.94. The summed E-state index contributed by atoms with van der Waals surface area (Å²) in [4.78, 5) is 7.27. The van der Waals surface area contributed by atoms with Crippen LogP contribution in [0.15, 0.2) is 4.99 Å². The predicted molar refractivity (Wildman–Crippen MR) is 75.8 cm³/mol. The number of aliphatic imine (C=N–C) groups is 1. The molecule has 3 nitrogen and oxygen atoms in total. The summed E-state index contributed by atoms with van der Waals surface area (Å²) in [6, 6.07) is 0.695. The Hall–Kier alpha value is -0.730. The molecule has 2 heterocycles. The Morgan fingerprint density at radius 1 is 1.33 bits per heavy atom. The van der Waals surface area contributed by atoms with Crippen molar-refractivity contribution in [1.82, 2.24) is 10.2 Å². The molecule has 0 radical (unpaired) electrons. The monoisotopic (exact) mass is 249 g/mol. The third kappa shape index (κ3) is 2.36. The van der Waals surface area contributed by atoms with Crippen molar-refractivity contribution in [2.24, 2.45) is 16.3 Å². The average molecular weight is 249 g/mol. The van der Waals surface area contributed by atoms with Gasteiger partial charge in [0.05, 0.1) is 12.6 Å². The fourth-order valence-corrected chi connectivity index (χ4v) is 3.80. The summed E-state index contributed by atoms with van der Waals surface area (Å²) >= 11 is 0. The van der Waals surface area contributed by atoms with Crippen LogP contribution >= 0.6 is 0 Å². The summed E-state index contributed by atoms with van der Waals surface area (Å²) in [5.41, 5.74) is 0.516. The molecule has 3 aliphatic rings. The highest BCUT2D eigenvalue weighted by atomic mass is 15.4. The van der Waals surface area contributed by atoms with Crippen molar-refractivity contribution in [3.63, 3.8) is 0 Å². The van der Waals surface area contributed by atoms with Crippen molar-refractivity contribution >= 4 is 5.96 Å². The Balaban J connectivity index is 1.56. The minimum Gasteiger partial charge on any atom is -0.356 e. The van der Waals surface area contributed by atoms with Crippen molar-refractivity contribution in [2.75, 3.05) is 19.6 Å². The Bertz CT molecular complexity index is 331. The van der Waals surface area contributed by atoms with Crippen LogP contribution in [0.5, 0.6) is 0 Å². The number of nitrogens with zero attached hydrogens (tertiary/aromatic N) is 2. The molecule has 18 heavy (non-hydrogen) atoms. The molecule has 2 atom stereocenters. The standard InChI is InChI=1S/C15H27N3/c1-12-5-6-13-9-16-14(18(13)10-12)17-11-15(2)7-3-4-8-15/h12-13H,3-11H2,1-2H3,(H,16,17). The quantitative estimate of drug-likeness (QED) is 0.814. The van der Waals surface area contributed by atoms with E-state index in [0.29, 0.717) is 11.5 Å². The molecule has 0 aromatic heterocycles. The van der Waals surface area contributed by atoms with E-state index >= 15 is 0 Å². The molecule has 102 valence electrons. The Kier molecular flexibility index (Phi) is 3.25. The van der Waals surface area contributed by atoms with Gasteiger partial charge < -0.3 is 10.2 Å². The summed E-state index contributed by atoms with van der Waals surface area (Å²) < 4.78 is 0. The number of guanidine groups is 1. The largest absolute Gasteiger partial charge is 0.356 e. The highest BCUT2D eigenvalue weighted by molar-refractivity contribution is 5.82. The van der Waals surface area contributed by atoms with Crippen LogP contribution in [0.2, 0.25) is 0 Å². The first-order valence-electron chi connectivity index (χ1n) is 7.71. The molecule has 2 fully saturated rings. The third-order valence-corrected chi connectivity index (χ3v) is 5.15. The van der Waals surface area contributed by atoms with Gasteiger partial charge in [-0.05, 0) is 37.0 Å². The molecule has 0 aromatic carbocycles. The highest BCUT2D eigenvalue weighted by Crippen LogP contribution is 2.37. The summed E-state index contributed by atoms with van der Waals surface area (Å²) in [6.45, 7) is 8.13. The normalized spacial score (nSPS) is 34.3. The molecule has 0 spiro atoms. The van der Waals surface area contributed by atoms with Crippen LogP contribution in [0.4, 0.5) is 0 Å². The van der Waals surface area contributed by atoms with E-state index in [1.54, 1.807) is 0 Å². The minimum atomic E-state index is 0.516. The molecular formula is C15H27N3. The predicted octanol–water partition coefficient (Wildman–Crippen LogP) is 2.63. The van der Waals surface area contributed by atoms with Crippen molar-refractivity contribution < 1.29 is 0 Å². The van der Waals surface area contributed by atoms with Crippen LogP contribution in [-0.2, 0) is 0 Å². The number of nitrogens with one attached hydrogen (secondary N) is 1. The van der Waals surface area contributed by atoms with E-state index in [2.05, 4.69) is 24.1 Å². The van der Waals surface area contributed by atoms with Gasteiger partial charge in [-0.25, -0.2) is 0 Å². The van der Waals surface area contributed by atoms with Crippen LogP contribution in [0.25, 0.3) is 0 Å². The van der Waals surface area contributed by atoms with Crippen LogP contribution in [0.1, 0.15) is 52.4 Å². The van der Waals surface area contributed by atoms with E-state index in [9.17, 15) is 0 Å². The summed E-state index contributed by atoms with van der Waals surface area (Å²) in [5, 5.41) is 3.66. The minimum absolute atomic E-state index is 0.516. The van der Waals surface area contributed by atoms with Gasteiger partial charge in [0, 0.05) is 13.1 Å². The second kappa shape index (κ2) is 4.75. The number of rotatable bonds is 2. The van der Waals surface area contributed by atoms with E-state index in [0.717, 1.165) is 19.0 Å². The zero-order valence-electron chi connectivity index (χ0n) is 11.9. The zero-order valence-corrected chi connectivity index (χ0v) is 11.9. The van der Waals surface area contributed by atoms with E-state index in [1.807, 2.05) is 0 Å². The first-order valence-corrected chi connectivity index (χ1v) is 7.71. The lowest BCUT2D eigenvalue weighted by molar-refractivity contribution is 0.208. The summed E-state index contributed by atoms with van der Waals surface area (Å²) in [5.74, 6) is 2.02. The molecule has 1 N–H and O–H groups in total. The SMILES string of the molecule is CC1CCC2CN=C(NCC3(C)CCCC3)N2C1. The number of hydrogen-bond donors (Lipinski definition) is 1. The summed E-state index contributed by atoms with van der Waals surface area (Å²) in [6.07, 6.45) is 8.29. The Morgan fingerprint density at radius 3 is 2.89 bits per heavy atom. The van der Waals surface area contributed by atoms with E-state index in [-0.39, 0.29) is 0 Å². The van der Waals surface area contributed by atoms with E-state index in [1.165, 1.54) is 51.0 Å². The molecule has 2 aliphatic heterocycles. The third-order valence-electron chi connectivity index (χ3n) is 5.15. The summed E-state index contributed by atoms with van der Waals surface area (Å²) in [7, 11) is 0. The van der Waals surface area contributed by atoms with Crippen LogP contribution < -0.4 is 5.32 Å². The molecular weight excluding hydrogens is 222 g/mol. The van der Waals surface area contributed by atoms with E-state index in [4.69, 9.17) is 4.99 Å². The first-order chi connectivity index (χ1) is 8.66. The fourth-order valence-electron chi connectivity index (χ4n) is 3.80. The molecule has 2 unspecified atom stereocenters. The van der Waals surface area contributed by atoms with Crippen molar-refractivity contribution in [2.45, 2.75) is 58.4 Å². The van der Waals surface area contributed by atoms with Gasteiger partial charge in [0.2, 0.25) is 0 Å². The van der Waals surface area contributed by atoms with Gasteiger partial charge in [-0.15, -0.1) is 0 Å². The van der Waals surface area contributed by atoms with Crippen LogP contribution in [0.3, 0.4) is 0 Å². The lowest BCUT2D eigenvalue weighted by atomic mass is 9.89. The molecule has 1 saturated carbocycles. The fraction of sp³-hybridized carbons (Fsp3) is 0.933. The van der Waals surface area contributed by atoms with Gasteiger partial charge in [-0.1, -0.05) is 26.7 Å². The van der Waals surface area contributed by atoms with E-state index < -0.39 is 0 Å². The van der Waals surface area contributed by atoms with Gasteiger partial charge >= 0.3 is 0 Å². The van der Waals surface area contributed by atoms with Crippen LogP contribution in [-0.4, -0.2) is 36.5 Å².